The van der Waals surface area contributed by atoms with Crippen LogP contribution in [0.5, 0.6) is 5.75 Å². The Kier molecular flexibility index (Phi) is 5.16. The zero-order valence-corrected chi connectivity index (χ0v) is 11.5. The molecular weight excluding hydrogens is 250 g/mol. The Balaban J connectivity index is 1.72. The number of benzene rings is 2. The van der Waals surface area contributed by atoms with Gasteiger partial charge < -0.3 is 9.47 Å². The second-order valence-electron chi connectivity index (χ2n) is 4.41. The predicted octanol–water partition coefficient (Wildman–Crippen LogP) is 3.71. The Morgan fingerprint density at radius 3 is 2.35 bits per heavy atom. The minimum absolute atomic E-state index is 0.0563. The van der Waals surface area contributed by atoms with Gasteiger partial charge in [0.15, 0.2) is 0 Å². The highest BCUT2D eigenvalue weighted by atomic mass is 16.5. The van der Waals surface area contributed by atoms with Gasteiger partial charge in [-0.15, -0.1) is 0 Å². The van der Waals surface area contributed by atoms with Crippen molar-refractivity contribution in [3.05, 3.63) is 65.7 Å². The van der Waals surface area contributed by atoms with Crippen LogP contribution in [0.2, 0.25) is 0 Å². The maximum absolute atomic E-state index is 8.70. The molecule has 0 spiro atoms. The third kappa shape index (κ3) is 4.11. The van der Waals surface area contributed by atoms with Gasteiger partial charge in [-0.2, -0.15) is 5.26 Å². The van der Waals surface area contributed by atoms with Crippen LogP contribution in [0.25, 0.3) is 0 Å². The first-order chi connectivity index (χ1) is 9.79. The molecule has 0 radical (unpaired) electrons. The monoisotopic (exact) mass is 267 g/mol. The van der Waals surface area contributed by atoms with Crippen LogP contribution in [-0.2, 0) is 4.74 Å². The highest BCUT2D eigenvalue weighted by Gasteiger charge is 2.04. The van der Waals surface area contributed by atoms with Crippen LogP contribution < -0.4 is 4.74 Å². The fraction of sp³-hybridized carbons (Fsp3) is 0.235. The molecule has 3 heteroatoms. The van der Waals surface area contributed by atoms with E-state index in [1.165, 1.54) is 0 Å². The molecule has 0 aliphatic carbocycles. The van der Waals surface area contributed by atoms with E-state index in [0.717, 1.165) is 11.3 Å². The lowest BCUT2D eigenvalue weighted by Crippen LogP contribution is -2.09. The zero-order chi connectivity index (χ0) is 14.2. The van der Waals surface area contributed by atoms with E-state index in [1.807, 2.05) is 37.3 Å². The summed E-state index contributed by atoms with van der Waals surface area (Å²) in [5.41, 5.74) is 1.79. The molecular formula is C17H17NO2. The molecule has 0 heterocycles. The molecule has 1 atom stereocenters. The molecule has 0 N–H and O–H groups in total. The third-order valence-electron chi connectivity index (χ3n) is 2.97. The van der Waals surface area contributed by atoms with Crippen molar-refractivity contribution in [2.24, 2.45) is 0 Å². The van der Waals surface area contributed by atoms with Gasteiger partial charge in [-0.05, 0) is 36.8 Å². The summed E-state index contributed by atoms with van der Waals surface area (Å²) in [6.07, 6.45) is 0.0563. The van der Waals surface area contributed by atoms with Gasteiger partial charge in [-0.25, -0.2) is 0 Å². The fourth-order valence-corrected chi connectivity index (χ4v) is 1.83. The molecule has 3 nitrogen and oxygen atoms in total. The van der Waals surface area contributed by atoms with Crippen LogP contribution >= 0.6 is 0 Å². The second-order valence-corrected chi connectivity index (χ2v) is 4.41. The summed E-state index contributed by atoms with van der Waals surface area (Å²) in [5, 5.41) is 8.70. The molecule has 0 aliphatic heterocycles. The van der Waals surface area contributed by atoms with Gasteiger partial charge in [-0.1, -0.05) is 30.3 Å². The van der Waals surface area contributed by atoms with Crippen molar-refractivity contribution in [2.45, 2.75) is 13.0 Å². The lowest BCUT2D eigenvalue weighted by molar-refractivity contribution is 0.0439. The van der Waals surface area contributed by atoms with Gasteiger partial charge in [0.2, 0.25) is 0 Å². The number of hydrogen-bond acceptors (Lipinski definition) is 3. The highest BCUT2D eigenvalue weighted by molar-refractivity contribution is 5.34. The van der Waals surface area contributed by atoms with Gasteiger partial charge in [0.25, 0.3) is 0 Å². The first-order valence-corrected chi connectivity index (χ1v) is 6.59. The van der Waals surface area contributed by atoms with E-state index in [0.29, 0.717) is 18.8 Å². The third-order valence-corrected chi connectivity index (χ3v) is 2.97. The average molecular weight is 267 g/mol. The summed E-state index contributed by atoms with van der Waals surface area (Å²) in [6.45, 7) is 3.04. The van der Waals surface area contributed by atoms with Crippen LogP contribution in [0.4, 0.5) is 0 Å². The van der Waals surface area contributed by atoms with Crippen molar-refractivity contribution in [3.63, 3.8) is 0 Å². The predicted molar refractivity (Wildman–Crippen MR) is 77.5 cm³/mol. The van der Waals surface area contributed by atoms with E-state index in [2.05, 4.69) is 6.07 Å². The van der Waals surface area contributed by atoms with Crippen molar-refractivity contribution in [1.82, 2.24) is 0 Å². The van der Waals surface area contributed by atoms with Crippen molar-refractivity contribution in [1.29, 1.82) is 5.26 Å². The maximum atomic E-state index is 8.70. The van der Waals surface area contributed by atoms with Gasteiger partial charge in [0.05, 0.1) is 24.3 Å². The first-order valence-electron chi connectivity index (χ1n) is 6.59. The summed E-state index contributed by atoms with van der Waals surface area (Å²) in [7, 11) is 0. The summed E-state index contributed by atoms with van der Waals surface area (Å²) >= 11 is 0. The maximum Gasteiger partial charge on any atom is 0.119 e. The number of hydrogen-bond donors (Lipinski definition) is 0. The Labute approximate surface area is 119 Å². The van der Waals surface area contributed by atoms with Crippen LogP contribution in [-0.4, -0.2) is 13.2 Å². The highest BCUT2D eigenvalue weighted by Crippen LogP contribution is 2.16. The van der Waals surface area contributed by atoms with Crippen LogP contribution in [0, 0.1) is 11.3 Å². The van der Waals surface area contributed by atoms with Gasteiger partial charge in [0.1, 0.15) is 12.4 Å². The largest absolute Gasteiger partial charge is 0.491 e. The normalized spacial score (nSPS) is 11.6. The smallest absolute Gasteiger partial charge is 0.119 e. The van der Waals surface area contributed by atoms with Crippen molar-refractivity contribution < 1.29 is 9.47 Å². The lowest BCUT2D eigenvalue weighted by Gasteiger charge is -2.13. The Bertz CT molecular complexity index is 558. The summed E-state index contributed by atoms with van der Waals surface area (Å²) in [5.74, 6) is 0.750. The van der Waals surface area contributed by atoms with E-state index in [-0.39, 0.29) is 6.10 Å². The van der Waals surface area contributed by atoms with Gasteiger partial charge in [-0.3, -0.25) is 0 Å². The quantitative estimate of drug-likeness (QED) is 0.749. The average Bonchev–Trinajstić information content (AvgIpc) is 2.53. The summed E-state index contributed by atoms with van der Waals surface area (Å²) in [6, 6.07) is 19.2. The van der Waals surface area contributed by atoms with E-state index in [4.69, 9.17) is 14.7 Å². The minimum atomic E-state index is 0.0563. The minimum Gasteiger partial charge on any atom is -0.491 e. The molecule has 0 saturated carbocycles. The number of rotatable bonds is 6. The van der Waals surface area contributed by atoms with E-state index >= 15 is 0 Å². The molecule has 2 aromatic carbocycles. The summed E-state index contributed by atoms with van der Waals surface area (Å²) < 4.78 is 11.3. The number of nitrogens with zero attached hydrogens (tertiary/aromatic N) is 1. The number of nitriles is 1. The van der Waals surface area contributed by atoms with E-state index in [1.54, 1.807) is 24.3 Å². The second kappa shape index (κ2) is 7.32. The molecule has 0 amide bonds. The SMILES string of the molecule is CC(OCCOc1ccc(C#N)cc1)c1ccccc1. The number of ether oxygens (including phenoxy) is 2. The molecule has 102 valence electrons. The Hall–Kier alpha value is -2.31. The molecule has 0 fully saturated rings. The molecule has 0 saturated heterocycles. The Morgan fingerprint density at radius 1 is 1.00 bits per heavy atom. The van der Waals surface area contributed by atoms with E-state index in [9.17, 15) is 0 Å². The van der Waals surface area contributed by atoms with Gasteiger partial charge in [0, 0.05) is 0 Å². The Morgan fingerprint density at radius 2 is 1.70 bits per heavy atom. The molecule has 1 unspecified atom stereocenters. The van der Waals surface area contributed by atoms with Crippen molar-refractivity contribution >= 4 is 0 Å². The molecule has 2 aromatic rings. The van der Waals surface area contributed by atoms with Crippen LogP contribution in [0.15, 0.2) is 54.6 Å². The van der Waals surface area contributed by atoms with Crippen LogP contribution in [0.1, 0.15) is 24.2 Å². The molecule has 2 rings (SSSR count). The van der Waals surface area contributed by atoms with E-state index < -0.39 is 0 Å². The standard InChI is InChI=1S/C17H17NO2/c1-14(16-5-3-2-4-6-16)19-11-12-20-17-9-7-15(13-18)8-10-17/h2-10,14H,11-12H2,1H3. The molecule has 0 aliphatic rings. The fourth-order valence-electron chi connectivity index (χ4n) is 1.83. The van der Waals surface area contributed by atoms with Gasteiger partial charge >= 0.3 is 0 Å². The zero-order valence-electron chi connectivity index (χ0n) is 11.5. The van der Waals surface area contributed by atoms with Crippen LogP contribution in [0.3, 0.4) is 0 Å². The van der Waals surface area contributed by atoms with Crippen molar-refractivity contribution in [2.75, 3.05) is 13.2 Å². The van der Waals surface area contributed by atoms with Crippen molar-refractivity contribution in [3.8, 4) is 11.8 Å². The molecule has 20 heavy (non-hydrogen) atoms. The molecule has 0 bridgehead atoms. The lowest BCUT2D eigenvalue weighted by atomic mass is 10.1. The summed E-state index contributed by atoms with van der Waals surface area (Å²) in [4.78, 5) is 0. The topological polar surface area (TPSA) is 42.2 Å². The molecule has 0 aromatic heterocycles. The first kappa shape index (κ1) is 14.1.